The van der Waals surface area contributed by atoms with Crippen LogP contribution in [-0.4, -0.2) is 144 Å². The van der Waals surface area contributed by atoms with Crippen LogP contribution < -0.4 is 31.4 Å². The van der Waals surface area contributed by atoms with Crippen LogP contribution in [0.25, 0.3) is 0 Å². The summed E-state index contributed by atoms with van der Waals surface area (Å²) in [6.07, 6.45) is 3.95. The second-order valence-electron chi connectivity index (χ2n) is 23.1. The molecule has 96 heavy (non-hydrogen) atoms. The number of alkyl halides is 6. The first-order chi connectivity index (χ1) is 45.2. The van der Waals surface area contributed by atoms with E-state index in [9.17, 15) is 77.1 Å². The van der Waals surface area contributed by atoms with Gasteiger partial charge in [-0.25, -0.2) is 0 Å². The molecule has 2 heterocycles. The summed E-state index contributed by atoms with van der Waals surface area (Å²) in [5.41, 5.74) is 2.51. The fourth-order valence-electron chi connectivity index (χ4n) is 10.3. The maximum absolute atomic E-state index is 15.0. The normalized spacial score (nSPS) is 16.6. The molecule has 0 fully saturated rings. The lowest BCUT2D eigenvalue weighted by Crippen LogP contribution is -2.37. The number of halogens is 7. The molecule has 36 heteroatoms. The molecule has 0 spiro atoms. The lowest BCUT2D eigenvalue weighted by molar-refractivity contribution is -0.777. The third-order valence-corrected chi connectivity index (χ3v) is 21.1. The number of hydrogen-bond donors (Lipinski definition) is 3. The van der Waals surface area contributed by atoms with Crippen molar-refractivity contribution >= 4 is 106 Å². The number of unbranched alkanes of at least 4 members (excludes halogenated alkanes) is 8. The average molecular weight is 1490 g/mol. The van der Waals surface area contributed by atoms with E-state index in [0.717, 1.165) is 42.7 Å². The fraction of sp³-hybridized carbons (Fsp3) is 0.617. The zero-order valence-electron chi connectivity index (χ0n) is 54.2. The molecule has 2 aromatic carbocycles. The number of hydrogen-bond acceptors (Lipinski definition) is 20. The number of carbonyl (C=O) groups is 4. The number of benzene rings is 2. The van der Waals surface area contributed by atoms with Crippen molar-refractivity contribution in [3.8, 4) is 0 Å². The topological polar surface area (TPSA) is 293 Å². The Hall–Kier alpha value is -4.22. The minimum Gasteiger partial charge on any atom is -0.691 e. The summed E-state index contributed by atoms with van der Waals surface area (Å²) in [5.74, 6) is -5.92. The van der Waals surface area contributed by atoms with Crippen molar-refractivity contribution in [2.24, 2.45) is 0 Å². The first-order valence-electron chi connectivity index (χ1n) is 31.1. The lowest BCUT2D eigenvalue weighted by Gasteiger charge is -2.27. The van der Waals surface area contributed by atoms with Crippen LogP contribution in [0, 0.1) is 0 Å². The van der Waals surface area contributed by atoms with Crippen LogP contribution in [0.3, 0.4) is 0 Å². The lowest BCUT2D eigenvalue weighted by atomic mass is 9.81. The molecule has 4 unspecified atom stereocenters. The van der Waals surface area contributed by atoms with Crippen molar-refractivity contribution in [3.63, 3.8) is 0 Å². The van der Waals surface area contributed by atoms with Gasteiger partial charge in [0.05, 0.1) is 67.7 Å². The Morgan fingerprint density at radius 1 is 0.698 bits per heavy atom. The highest BCUT2D eigenvalue weighted by Crippen LogP contribution is 2.54. The Balaban J connectivity index is 1.64. The first-order valence-corrected chi connectivity index (χ1v) is 39.4. The molecule has 4 rings (SSSR count). The van der Waals surface area contributed by atoms with Gasteiger partial charge in [-0.3, -0.25) is 37.9 Å². The summed E-state index contributed by atoms with van der Waals surface area (Å²) in [6, 6.07) is 10.0. The zero-order chi connectivity index (χ0) is 71.2. The van der Waals surface area contributed by atoms with E-state index in [4.69, 9.17) is 27.6 Å². The summed E-state index contributed by atoms with van der Waals surface area (Å²) in [6.45, 7) is 7.80. The second kappa shape index (κ2) is 40.9. The number of esters is 1. The molecule has 3 N–H and O–H groups in total. The molecule has 0 radical (unpaired) electrons. The molecule has 0 bridgehead atoms. The van der Waals surface area contributed by atoms with Crippen LogP contribution in [0.1, 0.15) is 142 Å². The molecule has 0 aromatic heterocycles. The minimum atomic E-state index is -5.07. The van der Waals surface area contributed by atoms with E-state index >= 15 is 0 Å². The molecule has 2 aliphatic rings. The van der Waals surface area contributed by atoms with Gasteiger partial charge in [-0.05, 0) is 129 Å². The number of methoxy groups -OCH3 is 1. The third kappa shape index (κ3) is 28.1. The molecule has 2 amide bonds. The number of carbonyl (C=O) groups excluding carboxylic acids is 4. The summed E-state index contributed by atoms with van der Waals surface area (Å²) in [4.78, 5) is 48.3. The van der Waals surface area contributed by atoms with Crippen molar-refractivity contribution in [1.82, 2.24) is 10.6 Å². The van der Waals surface area contributed by atoms with Crippen molar-refractivity contribution in [2.45, 2.75) is 154 Å². The largest absolute Gasteiger partial charge is 0.691 e. The number of allylic oxidation sites excluding steroid dienone is 6. The minimum absolute atomic E-state index is 0.00995. The van der Waals surface area contributed by atoms with E-state index in [1.165, 1.54) is 0 Å². The fourth-order valence-corrected chi connectivity index (χ4v) is 15.1. The van der Waals surface area contributed by atoms with Gasteiger partial charge in [0.25, 0.3) is 18.3 Å². The highest BCUT2D eigenvalue weighted by atomic mass is 32.2. The number of nitrogens with zero attached hydrogens (tertiary/aromatic N) is 2. The van der Waals surface area contributed by atoms with Gasteiger partial charge < -0.3 is 52.9 Å². The van der Waals surface area contributed by atoms with E-state index < -0.39 is 86.1 Å². The number of amides is 2. The van der Waals surface area contributed by atoms with Gasteiger partial charge in [-0.2, -0.15) is 47.9 Å². The molecular formula is C60H87F7N4O19P4S2. The average Bonchev–Trinajstić information content (AvgIpc) is 1.59. The summed E-state index contributed by atoms with van der Waals surface area (Å²) in [7, 11) is -11.8. The Morgan fingerprint density at radius 3 is 1.73 bits per heavy atom. The van der Waals surface area contributed by atoms with Crippen molar-refractivity contribution in [3.05, 3.63) is 83.6 Å². The van der Waals surface area contributed by atoms with E-state index in [2.05, 4.69) is 13.9 Å². The molecule has 4 atom stereocenters. The molecular weight excluding hydrogens is 1400 g/mol. The van der Waals surface area contributed by atoms with E-state index in [-0.39, 0.29) is 108 Å². The first kappa shape index (κ1) is 84.2. The van der Waals surface area contributed by atoms with Gasteiger partial charge in [0.2, 0.25) is 5.69 Å². The Morgan fingerprint density at radius 2 is 1.21 bits per heavy atom. The van der Waals surface area contributed by atoms with Crippen molar-refractivity contribution in [2.75, 3.05) is 89.3 Å². The predicted octanol–water partition coefficient (Wildman–Crippen LogP) is 11.7. The van der Waals surface area contributed by atoms with E-state index in [1.54, 1.807) is 81.3 Å². The van der Waals surface area contributed by atoms with Crippen LogP contribution in [0.4, 0.5) is 41.9 Å². The Labute approximate surface area is 563 Å². The van der Waals surface area contributed by atoms with Crippen LogP contribution in [0.5, 0.6) is 0 Å². The molecule has 542 valence electrons. The van der Waals surface area contributed by atoms with Gasteiger partial charge >= 0.3 is 51.3 Å². The molecule has 2 aliphatic heterocycles. The number of fused-ring (bicyclic) bond motifs is 2. The van der Waals surface area contributed by atoms with Crippen LogP contribution in [0.2, 0.25) is 0 Å². The van der Waals surface area contributed by atoms with Crippen LogP contribution in [0.15, 0.2) is 72.5 Å². The molecule has 23 nitrogen and oxygen atoms in total. The Bertz CT molecular complexity index is 3210. The van der Waals surface area contributed by atoms with Gasteiger partial charge in [0.15, 0.2) is 5.71 Å². The van der Waals surface area contributed by atoms with Crippen LogP contribution >= 0.6 is 44.3 Å². The van der Waals surface area contributed by atoms with E-state index in [0.29, 0.717) is 79.9 Å². The number of nitrogens with one attached hydrogen (secondary N) is 2. The van der Waals surface area contributed by atoms with Crippen molar-refractivity contribution < 1.29 is 123 Å². The SMILES string of the molecule is COCCCCCCOP(=O)(OCCCCNC(=O)C(F)(F)F)c1ccc2c(c1)C(C)(C)/C(=C/C=C/C=C/C1=[N+](CCCSOO[O-])c3ccc(P(=O)(OCCCCCCOC(=O)CCC(=O)OP(F)P)OCCCCNC(=O)C(F)(F)F)cc3C1(C)C)N2CCCS(=O)(=O)O. The number of ether oxygens (including phenoxy) is 2. The van der Waals surface area contributed by atoms with E-state index in [1.807, 2.05) is 49.3 Å². The number of anilines is 1. The summed E-state index contributed by atoms with van der Waals surface area (Å²) in [5, 5.41) is 18.1. The number of rotatable bonds is 47. The highest BCUT2D eigenvalue weighted by molar-refractivity contribution is 8.08. The molecule has 0 aliphatic carbocycles. The standard InChI is InChI=1S/C60H87F7N4O19P4S2/c1-57(2)47-43-45(93(77,86-39-19-13-31-68-55(74)59(61,62)63)85-38-18-9-7-16-36-83-53(72)29-30-54(73)88-92(67)91)25-27-49(47)70(33-21-41-95-90-89-76)51(57)23-11-10-12-24-52-58(3,4)48-44-46(26-28-50(48)71(52)34-22-42-96(79,80)81)94(78,84-37-17-8-6-15-35-82-5)87-40-20-14-32-69-56(75)60(64,65)66/h10-12,23-28,43-44H,6-9,13-22,29-42,91H2,1-5H3,(H3-,68,69,74,75,76,79,80,81). The quantitative estimate of drug-likeness (QED) is 0.00530. The molecule has 2 aromatic rings. The van der Waals surface area contributed by atoms with Crippen LogP contribution in [-0.2, 0) is 90.7 Å². The second-order valence-corrected chi connectivity index (χ2v) is 31.5. The predicted molar refractivity (Wildman–Crippen MR) is 350 cm³/mol. The maximum Gasteiger partial charge on any atom is 0.471 e. The smallest absolute Gasteiger partial charge is 0.471 e. The zero-order valence-corrected chi connectivity index (χ0v) is 59.7. The maximum atomic E-state index is 15.0. The summed E-state index contributed by atoms with van der Waals surface area (Å²) >= 11 is 0.808. The summed E-state index contributed by atoms with van der Waals surface area (Å²) < 4.78 is 199. The van der Waals surface area contributed by atoms with Gasteiger partial charge in [-0.1, -0.05) is 51.3 Å². The highest BCUT2D eigenvalue weighted by Gasteiger charge is 2.47. The van der Waals surface area contributed by atoms with Gasteiger partial charge in [0, 0.05) is 92.1 Å². The monoisotopic (exact) mass is 1490 g/mol. The molecule has 0 saturated heterocycles. The van der Waals surface area contributed by atoms with Crippen molar-refractivity contribution in [1.29, 1.82) is 0 Å². The third-order valence-electron chi connectivity index (χ3n) is 15.1. The van der Waals surface area contributed by atoms with Gasteiger partial charge in [-0.15, -0.1) is 0 Å². The van der Waals surface area contributed by atoms with Gasteiger partial charge in [0.1, 0.15) is 6.54 Å². The Kier molecular flexibility index (Phi) is 35.9. The molecule has 0 saturated carbocycles.